The highest BCUT2D eigenvalue weighted by Crippen LogP contribution is 2.29. The van der Waals surface area contributed by atoms with Crippen LogP contribution < -0.4 is 10.6 Å². The summed E-state index contributed by atoms with van der Waals surface area (Å²) in [6.45, 7) is 1.97. The van der Waals surface area contributed by atoms with Crippen molar-refractivity contribution in [2.75, 3.05) is 10.6 Å². The summed E-state index contributed by atoms with van der Waals surface area (Å²) in [6.07, 6.45) is 0.915. The molecule has 7 heteroatoms. The molecule has 0 saturated carbocycles. The minimum Gasteiger partial charge on any atom is -0.326 e. The van der Waals surface area contributed by atoms with Gasteiger partial charge in [-0.05, 0) is 60.5 Å². The minimum atomic E-state index is -0.279. The largest absolute Gasteiger partial charge is 0.326 e. The average molecular weight is 473 g/mol. The van der Waals surface area contributed by atoms with Crippen molar-refractivity contribution < 1.29 is 9.59 Å². The Bertz CT molecular complexity index is 1060. The van der Waals surface area contributed by atoms with E-state index in [1.54, 1.807) is 36.4 Å². The van der Waals surface area contributed by atoms with Gasteiger partial charge in [-0.15, -0.1) is 11.8 Å². The second-order valence-electron chi connectivity index (χ2n) is 6.89. The molecule has 31 heavy (non-hydrogen) atoms. The first-order chi connectivity index (χ1) is 14.9. The van der Waals surface area contributed by atoms with Crippen LogP contribution >= 0.6 is 35.0 Å². The second-order valence-corrected chi connectivity index (χ2v) is 9.04. The maximum Gasteiger partial charge on any atom is 0.237 e. The van der Waals surface area contributed by atoms with Crippen LogP contribution in [-0.2, 0) is 16.0 Å². The predicted octanol–water partition coefficient (Wildman–Crippen LogP) is 6.68. The van der Waals surface area contributed by atoms with Gasteiger partial charge in [0.25, 0.3) is 0 Å². The maximum absolute atomic E-state index is 12.7. The molecule has 4 nitrogen and oxygen atoms in total. The minimum absolute atomic E-state index is 0.0908. The van der Waals surface area contributed by atoms with E-state index in [0.29, 0.717) is 27.8 Å². The van der Waals surface area contributed by atoms with E-state index in [9.17, 15) is 9.59 Å². The molecule has 0 radical (unpaired) electrons. The Hall–Kier alpha value is -2.47. The summed E-state index contributed by atoms with van der Waals surface area (Å²) in [5.41, 5.74) is 2.24. The smallest absolute Gasteiger partial charge is 0.237 e. The number of anilines is 2. The summed E-state index contributed by atoms with van der Waals surface area (Å²) in [7, 11) is 0. The van der Waals surface area contributed by atoms with Crippen LogP contribution in [0.4, 0.5) is 11.4 Å². The van der Waals surface area contributed by atoms with Gasteiger partial charge < -0.3 is 10.6 Å². The van der Waals surface area contributed by atoms with Gasteiger partial charge in [-0.2, -0.15) is 0 Å². The molecule has 3 aromatic carbocycles. The molecule has 0 heterocycles. The van der Waals surface area contributed by atoms with E-state index in [4.69, 9.17) is 23.2 Å². The zero-order chi connectivity index (χ0) is 22.2. The third kappa shape index (κ3) is 7.31. The molecule has 3 rings (SSSR count). The van der Waals surface area contributed by atoms with E-state index in [1.165, 1.54) is 11.8 Å². The lowest BCUT2D eigenvalue weighted by atomic mass is 10.1. The molecule has 0 saturated heterocycles. The van der Waals surface area contributed by atoms with Crippen molar-refractivity contribution in [3.63, 3.8) is 0 Å². The van der Waals surface area contributed by atoms with Crippen molar-refractivity contribution in [3.05, 3.63) is 88.4 Å². The molecule has 1 unspecified atom stereocenters. The first-order valence-electron chi connectivity index (χ1n) is 9.80. The van der Waals surface area contributed by atoms with Gasteiger partial charge in [0.05, 0.1) is 11.7 Å². The lowest BCUT2D eigenvalue weighted by molar-refractivity contribution is -0.116. The number of benzene rings is 3. The molecule has 0 aromatic heterocycles. The quantitative estimate of drug-likeness (QED) is 0.359. The third-order valence-corrected chi connectivity index (χ3v) is 6.27. The van der Waals surface area contributed by atoms with E-state index in [-0.39, 0.29) is 23.5 Å². The highest BCUT2D eigenvalue weighted by Gasteiger charge is 2.18. The van der Waals surface area contributed by atoms with Crippen LogP contribution in [-0.4, -0.2) is 17.1 Å². The standard InChI is InChI=1S/C24H22Cl2N2O2S/c1-2-22(24(30)28-19-6-3-5-18(26)14-19)31-21-8-4-7-20(15-21)27-23(29)13-16-9-11-17(25)12-10-16/h3-12,14-15,22H,2,13H2,1H3,(H,27,29)(H,28,30). The highest BCUT2D eigenvalue weighted by atomic mass is 35.5. The van der Waals surface area contributed by atoms with Gasteiger partial charge in [0.15, 0.2) is 0 Å². The zero-order valence-corrected chi connectivity index (χ0v) is 19.2. The Morgan fingerprint density at radius 3 is 2.23 bits per heavy atom. The lowest BCUT2D eigenvalue weighted by Crippen LogP contribution is -2.24. The summed E-state index contributed by atoms with van der Waals surface area (Å²) in [5.74, 6) is -0.206. The van der Waals surface area contributed by atoms with Crippen LogP contribution in [0.3, 0.4) is 0 Å². The molecule has 0 spiro atoms. The van der Waals surface area contributed by atoms with Gasteiger partial charge in [-0.3, -0.25) is 9.59 Å². The first kappa shape index (κ1) is 23.2. The number of carbonyl (C=O) groups is 2. The van der Waals surface area contributed by atoms with Gasteiger partial charge in [-0.1, -0.05) is 54.4 Å². The van der Waals surface area contributed by atoms with Crippen LogP contribution in [0, 0.1) is 0 Å². The molecule has 0 aliphatic carbocycles. The molecule has 2 amide bonds. The molecule has 160 valence electrons. The Labute approximate surface area is 196 Å². The van der Waals surface area contributed by atoms with E-state index >= 15 is 0 Å². The van der Waals surface area contributed by atoms with Crippen molar-refractivity contribution in [3.8, 4) is 0 Å². The molecule has 1 atom stereocenters. The van der Waals surface area contributed by atoms with Gasteiger partial charge >= 0.3 is 0 Å². The van der Waals surface area contributed by atoms with Crippen LogP contribution in [0.2, 0.25) is 10.0 Å². The van der Waals surface area contributed by atoms with E-state index in [1.807, 2.05) is 43.3 Å². The van der Waals surface area contributed by atoms with Crippen molar-refractivity contribution in [1.82, 2.24) is 0 Å². The molecule has 0 bridgehead atoms. The van der Waals surface area contributed by atoms with Crippen LogP contribution in [0.1, 0.15) is 18.9 Å². The van der Waals surface area contributed by atoms with E-state index in [2.05, 4.69) is 10.6 Å². The molecule has 0 fully saturated rings. The number of halogens is 2. The highest BCUT2D eigenvalue weighted by molar-refractivity contribution is 8.00. The Balaban J connectivity index is 1.60. The molecule has 3 aromatic rings. The molecule has 0 aliphatic heterocycles. The summed E-state index contributed by atoms with van der Waals surface area (Å²) < 4.78 is 0. The average Bonchev–Trinajstić information content (AvgIpc) is 2.74. The number of rotatable bonds is 8. The van der Waals surface area contributed by atoms with Crippen LogP contribution in [0.15, 0.2) is 77.7 Å². The number of thioether (sulfide) groups is 1. The zero-order valence-electron chi connectivity index (χ0n) is 16.9. The fourth-order valence-corrected chi connectivity index (χ4v) is 4.25. The van der Waals surface area contributed by atoms with E-state index < -0.39 is 0 Å². The Morgan fingerprint density at radius 2 is 1.55 bits per heavy atom. The number of hydrogen-bond donors (Lipinski definition) is 2. The number of nitrogens with one attached hydrogen (secondary N) is 2. The second kappa shape index (κ2) is 11.2. The van der Waals surface area contributed by atoms with Gasteiger partial charge in [-0.25, -0.2) is 0 Å². The SMILES string of the molecule is CCC(Sc1cccc(NC(=O)Cc2ccc(Cl)cc2)c1)C(=O)Nc1cccc(Cl)c1. The van der Waals surface area contributed by atoms with Gasteiger partial charge in [0.2, 0.25) is 11.8 Å². The summed E-state index contributed by atoms with van der Waals surface area (Å²) in [5, 5.41) is 6.75. The number of carbonyl (C=O) groups excluding carboxylic acids is 2. The summed E-state index contributed by atoms with van der Waals surface area (Å²) in [4.78, 5) is 26.0. The van der Waals surface area contributed by atoms with Crippen molar-refractivity contribution in [1.29, 1.82) is 0 Å². The lowest BCUT2D eigenvalue weighted by Gasteiger charge is -2.15. The molecular weight excluding hydrogens is 451 g/mol. The van der Waals surface area contributed by atoms with Crippen molar-refractivity contribution in [2.24, 2.45) is 0 Å². The van der Waals surface area contributed by atoms with Gasteiger partial charge in [0.1, 0.15) is 0 Å². The molecular formula is C24H22Cl2N2O2S. The number of amides is 2. The fourth-order valence-electron chi connectivity index (χ4n) is 2.92. The molecule has 2 N–H and O–H groups in total. The van der Waals surface area contributed by atoms with E-state index in [0.717, 1.165) is 10.5 Å². The molecule has 0 aliphatic rings. The fraction of sp³-hybridized carbons (Fsp3) is 0.167. The number of hydrogen-bond acceptors (Lipinski definition) is 3. The maximum atomic E-state index is 12.7. The van der Waals surface area contributed by atoms with Crippen molar-refractivity contribution in [2.45, 2.75) is 29.9 Å². The van der Waals surface area contributed by atoms with Crippen LogP contribution in [0.5, 0.6) is 0 Å². The summed E-state index contributed by atoms with van der Waals surface area (Å²) >= 11 is 13.3. The normalized spacial score (nSPS) is 11.6. The monoisotopic (exact) mass is 472 g/mol. The van der Waals surface area contributed by atoms with Gasteiger partial charge in [0, 0.05) is 26.3 Å². The first-order valence-corrected chi connectivity index (χ1v) is 11.4. The Morgan fingerprint density at radius 1 is 0.871 bits per heavy atom. The predicted molar refractivity (Wildman–Crippen MR) is 130 cm³/mol. The third-order valence-electron chi connectivity index (χ3n) is 4.43. The Kier molecular flexibility index (Phi) is 8.41. The van der Waals surface area contributed by atoms with Crippen molar-refractivity contribution >= 4 is 58.2 Å². The van der Waals surface area contributed by atoms with Crippen LogP contribution in [0.25, 0.3) is 0 Å². The topological polar surface area (TPSA) is 58.2 Å². The summed E-state index contributed by atoms with van der Waals surface area (Å²) in [6, 6.07) is 21.8.